The summed E-state index contributed by atoms with van der Waals surface area (Å²) in [7, 11) is 0. The Hall–Kier alpha value is -3.08. The van der Waals surface area contributed by atoms with Crippen LogP contribution in [0.5, 0.6) is 5.75 Å². The van der Waals surface area contributed by atoms with Gasteiger partial charge in [0, 0.05) is 28.3 Å². The predicted molar refractivity (Wildman–Crippen MR) is 133 cm³/mol. The van der Waals surface area contributed by atoms with Gasteiger partial charge in [-0.1, -0.05) is 60.1 Å². The lowest BCUT2D eigenvalue weighted by Gasteiger charge is -2.18. The first kappa shape index (κ1) is 20.8. The third-order valence-electron chi connectivity index (χ3n) is 5.72. The first-order chi connectivity index (χ1) is 15.6. The van der Waals surface area contributed by atoms with Crippen molar-refractivity contribution in [2.45, 2.75) is 18.9 Å². The van der Waals surface area contributed by atoms with Crippen molar-refractivity contribution in [2.75, 3.05) is 0 Å². The molecule has 0 N–H and O–H groups in total. The van der Waals surface area contributed by atoms with Crippen molar-refractivity contribution >= 4 is 52.4 Å². The lowest BCUT2D eigenvalue weighted by atomic mass is 9.85. The van der Waals surface area contributed by atoms with Crippen LogP contribution < -0.4 is 4.74 Å². The summed E-state index contributed by atoms with van der Waals surface area (Å²) in [5, 5.41) is 1.58. The topological polar surface area (TPSA) is 39.2 Å². The molecule has 1 aliphatic rings. The monoisotopic (exact) mass is 457 g/mol. The second kappa shape index (κ2) is 8.81. The van der Waals surface area contributed by atoms with Gasteiger partial charge in [0.15, 0.2) is 5.12 Å². The Morgan fingerprint density at radius 3 is 2.75 bits per heavy atom. The number of thiol groups is 1. The summed E-state index contributed by atoms with van der Waals surface area (Å²) in [5.41, 5.74) is 5.92. The Morgan fingerprint density at radius 1 is 1.03 bits per heavy atom. The van der Waals surface area contributed by atoms with Gasteiger partial charge in [0.05, 0.1) is 11.2 Å². The number of pyridine rings is 1. The molecule has 1 unspecified atom stereocenters. The molecule has 2 heterocycles. The normalized spacial score (nSPS) is 15.1. The number of nitrogens with zero attached hydrogens (tertiary/aromatic N) is 1. The standard InChI is InChI=1S/C27H20ClNO2S/c28-20-9-7-18-8-11-21(29-25(18)14-20)10-5-17-6-12-26-24(13-17)23(15-27(30)32)22-4-2-1-3-19(22)16-31-26/h1-14,23H,15-16H2,(H,30,32)/b10-5+. The lowest BCUT2D eigenvalue weighted by molar-refractivity contribution is -0.111. The average Bonchev–Trinajstić information content (AvgIpc) is 2.94. The highest BCUT2D eigenvalue weighted by atomic mass is 35.5. The summed E-state index contributed by atoms with van der Waals surface area (Å²) in [6.07, 6.45) is 4.32. The minimum absolute atomic E-state index is 0.0945. The molecule has 0 amide bonds. The fourth-order valence-electron chi connectivity index (χ4n) is 4.18. The highest BCUT2D eigenvalue weighted by Crippen LogP contribution is 2.40. The Balaban J connectivity index is 1.51. The van der Waals surface area contributed by atoms with Crippen molar-refractivity contribution in [2.24, 2.45) is 0 Å². The number of hydrogen-bond acceptors (Lipinski definition) is 3. The minimum atomic E-state index is -0.141. The summed E-state index contributed by atoms with van der Waals surface area (Å²) in [4.78, 5) is 16.6. The number of carbonyl (C=O) groups is 1. The zero-order chi connectivity index (χ0) is 22.1. The van der Waals surface area contributed by atoms with Gasteiger partial charge in [0.25, 0.3) is 0 Å². The zero-order valence-corrected chi connectivity index (χ0v) is 18.8. The van der Waals surface area contributed by atoms with Crippen molar-refractivity contribution in [1.29, 1.82) is 0 Å². The van der Waals surface area contributed by atoms with Crippen LogP contribution in [0.4, 0.5) is 0 Å². The molecule has 1 aromatic heterocycles. The van der Waals surface area contributed by atoms with Gasteiger partial charge >= 0.3 is 0 Å². The minimum Gasteiger partial charge on any atom is -0.489 e. The van der Waals surface area contributed by atoms with Gasteiger partial charge in [0.1, 0.15) is 12.4 Å². The van der Waals surface area contributed by atoms with E-state index in [2.05, 4.69) is 35.8 Å². The third-order valence-corrected chi connectivity index (χ3v) is 6.14. The first-order valence-corrected chi connectivity index (χ1v) is 11.2. The van der Waals surface area contributed by atoms with Crippen molar-refractivity contribution in [3.8, 4) is 5.75 Å². The first-order valence-electron chi connectivity index (χ1n) is 10.4. The van der Waals surface area contributed by atoms with Crippen LogP contribution in [0.2, 0.25) is 5.02 Å². The molecule has 0 saturated heterocycles. The molecule has 0 aliphatic carbocycles. The highest BCUT2D eigenvalue weighted by Gasteiger charge is 2.26. The number of benzene rings is 3. The third kappa shape index (κ3) is 4.29. The molecule has 3 nitrogen and oxygen atoms in total. The molecule has 5 rings (SSSR count). The van der Waals surface area contributed by atoms with Gasteiger partial charge < -0.3 is 4.74 Å². The van der Waals surface area contributed by atoms with Gasteiger partial charge in [-0.2, -0.15) is 0 Å². The van der Waals surface area contributed by atoms with E-state index in [1.165, 1.54) is 0 Å². The van der Waals surface area contributed by atoms with Crippen molar-refractivity contribution in [1.82, 2.24) is 4.98 Å². The van der Waals surface area contributed by atoms with Crippen molar-refractivity contribution < 1.29 is 9.53 Å². The summed E-state index contributed by atoms with van der Waals surface area (Å²) >= 11 is 10.2. The molecule has 0 saturated carbocycles. The molecular formula is C27H20ClNO2S. The van der Waals surface area contributed by atoms with Gasteiger partial charge in [-0.05, 0) is 53.1 Å². The van der Waals surface area contributed by atoms with E-state index < -0.39 is 0 Å². The molecule has 1 aliphatic heterocycles. The molecule has 0 bridgehead atoms. The number of hydrogen-bond donors (Lipinski definition) is 1. The zero-order valence-electron chi connectivity index (χ0n) is 17.2. The second-order valence-electron chi connectivity index (χ2n) is 7.84. The van der Waals surface area contributed by atoms with E-state index in [-0.39, 0.29) is 11.0 Å². The van der Waals surface area contributed by atoms with E-state index >= 15 is 0 Å². The van der Waals surface area contributed by atoms with Crippen molar-refractivity contribution in [3.05, 3.63) is 106 Å². The molecule has 1 atom stereocenters. The number of fused-ring (bicyclic) bond motifs is 3. The number of aromatic nitrogens is 1. The molecule has 0 fully saturated rings. The van der Waals surface area contributed by atoms with Gasteiger partial charge in [0.2, 0.25) is 0 Å². The summed E-state index contributed by atoms with van der Waals surface area (Å²) in [6, 6.07) is 23.9. The highest BCUT2D eigenvalue weighted by molar-refractivity contribution is 7.96. The van der Waals surface area contributed by atoms with E-state index in [1.807, 2.05) is 66.7 Å². The molecule has 158 valence electrons. The fourth-order valence-corrected chi connectivity index (χ4v) is 4.53. The lowest BCUT2D eigenvalue weighted by Crippen LogP contribution is -2.06. The Bertz CT molecular complexity index is 1370. The van der Waals surface area contributed by atoms with Crippen LogP contribution in [0, 0.1) is 0 Å². The van der Waals surface area contributed by atoms with E-state index in [0.717, 1.165) is 44.6 Å². The number of halogens is 1. The van der Waals surface area contributed by atoms with Gasteiger partial charge in [-0.25, -0.2) is 4.98 Å². The molecule has 3 aromatic carbocycles. The Labute approximate surface area is 197 Å². The Morgan fingerprint density at radius 2 is 1.88 bits per heavy atom. The smallest absolute Gasteiger partial charge is 0.186 e. The van der Waals surface area contributed by atoms with Gasteiger partial charge in [-0.15, -0.1) is 12.6 Å². The van der Waals surface area contributed by atoms with Crippen LogP contribution in [0.3, 0.4) is 0 Å². The summed E-state index contributed by atoms with van der Waals surface area (Å²) in [5.74, 6) is 0.708. The SMILES string of the molecule is O=C(S)CC1c2ccccc2COc2ccc(/C=C/c3ccc4ccc(Cl)cc4n3)cc21. The number of ether oxygens (including phenoxy) is 1. The Kier molecular flexibility index (Phi) is 5.73. The molecular weight excluding hydrogens is 438 g/mol. The van der Waals surface area contributed by atoms with Crippen molar-refractivity contribution in [3.63, 3.8) is 0 Å². The van der Waals surface area contributed by atoms with Crippen LogP contribution >= 0.6 is 24.2 Å². The average molecular weight is 458 g/mol. The molecule has 0 spiro atoms. The summed E-state index contributed by atoms with van der Waals surface area (Å²) in [6.45, 7) is 0.485. The van der Waals surface area contributed by atoms with Crippen LogP contribution in [-0.2, 0) is 11.4 Å². The van der Waals surface area contributed by atoms with E-state index in [1.54, 1.807) is 0 Å². The van der Waals surface area contributed by atoms with Crippen LogP contribution in [0.15, 0.2) is 72.8 Å². The maximum absolute atomic E-state index is 12.0. The van der Waals surface area contributed by atoms with Crippen LogP contribution in [0.1, 0.15) is 40.3 Å². The predicted octanol–water partition coefficient (Wildman–Crippen LogP) is 6.93. The quantitative estimate of drug-likeness (QED) is 0.338. The summed E-state index contributed by atoms with van der Waals surface area (Å²) < 4.78 is 6.08. The fraction of sp³-hybridized carbons (Fsp3) is 0.111. The van der Waals surface area contributed by atoms with E-state index in [0.29, 0.717) is 18.1 Å². The maximum atomic E-state index is 12.0. The molecule has 5 heteroatoms. The maximum Gasteiger partial charge on any atom is 0.186 e. The van der Waals surface area contributed by atoms with Crippen LogP contribution in [-0.4, -0.2) is 10.1 Å². The van der Waals surface area contributed by atoms with Gasteiger partial charge in [-0.3, -0.25) is 4.79 Å². The van der Waals surface area contributed by atoms with E-state index in [9.17, 15) is 4.79 Å². The molecule has 32 heavy (non-hydrogen) atoms. The number of rotatable bonds is 4. The van der Waals surface area contributed by atoms with E-state index in [4.69, 9.17) is 16.3 Å². The number of carbonyl (C=O) groups excluding carboxylic acids is 1. The van der Waals surface area contributed by atoms with Crippen LogP contribution in [0.25, 0.3) is 23.1 Å². The second-order valence-corrected chi connectivity index (χ2v) is 8.78. The largest absolute Gasteiger partial charge is 0.489 e. The molecule has 0 radical (unpaired) electrons. The molecule has 4 aromatic rings.